The van der Waals surface area contributed by atoms with Gasteiger partial charge in [0.05, 0.1) is 6.61 Å². The maximum absolute atomic E-state index is 12.8. The van der Waals surface area contributed by atoms with Crippen molar-refractivity contribution >= 4 is 17.7 Å². The Kier molecular flexibility index (Phi) is 7.36. The Bertz CT molecular complexity index is 461. The van der Waals surface area contributed by atoms with E-state index < -0.39 is 0 Å². The van der Waals surface area contributed by atoms with Crippen LogP contribution in [0.15, 0.2) is 29.3 Å². The zero-order valence-corrected chi connectivity index (χ0v) is 13.8. The lowest BCUT2D eigenvalue weighted by molar-refractivity contribution is 0.310. The molecule has 22 heavy (non-hydrogen) atoms. The molecule has 0 saturated carbocycles. The first-order chi connectivity index (χ1) is 10.8. The van der Waals surface area contributed by atoms with Gasteiger partial charge >= 0.3 is 0 Å². The number of halogens is 1. The van der Waals surface area contributed by atoms with E-state index in [4.69, 9.17) is 4.74 Å². The predicted molar refractivity (Wildman–Crippen MR) is 91.4 cm³/mol. The molecule has 1 aromatic rings. The van der Waals surface area contributed by atoms with E-state index in [1.807, 2.05) is 11.8 Å². The molecule has 0 radical (unpaired) electrons. The highest BCUT2D eigenvalue weighted by Crippen LogP contribution is 2.25. The molecule has 0 aliphatic carbocycles. The quantitative estimate of drug-likeness (QED) is 0.460. The Morgan fingerprint density at radius 1 is 1.36 bits per heavy atom. The molecule has 0 spiro atoms. The topological polar surface area (TPSA) is 45.7 Å². The normalized spacial score (nSPS) is 18.3. The molecule has 1 aromatic carbocycles. The number of nitrogens with zero attached hydrogens (tertiary/aromatic N) is 1. The second-order valence-electron chi connectivity index (χ2n) is 5.17. The number of hydrogen-bond donors (Lipinski definition) is 2. The fraction of sp³-hybridized carbons (Fsp3) is 0.562. The molecule has 122 valence electrons. The first-order valence-electron chi connectivity index (χ1n) is 7.72. The third-order valence-electron chi connectivity index (χ3n) is 3.44. The van der Waals surface area contributed by atoms with Crippen molar-refractivity contribution < 1.29 is 9.13 Å². The van der Waals surface area contributed by atoms with E-state index in [2.05, 4.69) is 15.6 Å². The number of guanidine groups is 1. The van der Waals surface area contributed by atoms with E-state index >= 15 is 0 Å². The summed E-state index contributed by atoms with van der Waals surface area (Å²) in [4.78, 5) is 4.22. The Balaban J connectivity index is 1.55. The van der Waals surface area contributed by atoms with Crippen molar-refractivity contribution in [1.82, 2.24) is 10.6 Å². The van der Waals surface area contributed by atoms with Crippen LogP contribution in [0.1, 0.15) is 19.3 Å². The average Bonchev–Trinajstić information content (AvgIpc) is 3.05. The number of ether oxygens (including phenoxy) is 1. The second kappa shape index (κ2) is 9.56. The minimum Gasteiger partial charge on any atom is -0.494 e. The summed E-state index contributed by atoms with van der Waals surface area (Å²) in [7, 11) is 1.78. The lowest BCUT2D eigenvalue weighted by Crippen LogP contribution is -2.40. The van der Waals surface area contributed by atoms with E-state index in [0.29, 0.717) is 17.6 Å². The molecule has 6 heteroatoms. The SMILES string of the molecule is CN=C(NCCCOc1ccc(F)cc1)NCC1CCCS1. The average molecular weight is 325 g/mol. The molecule has 4 nitrogen and oxygen atoms in total. The Hall–Kier alpha value is -1.43. The summed E-state index contributed by atoms with van der Waals surface area (Å²) in [6.07, 6.45) is 3.47. The molecule has 1 fully saturated rings. The smallest absolute Gasteiger partial charge is 0.191 e. The van der Waals surface area contributed by atoms with Crippen LogP contribution in [0.25, 0.3) is 0 Å². The molecule has 1 saturated heterocycles. The van der Waals surface area contributed by atoms with Crippen LogP contribution in [0, 0.1) is 5.82 Å². The number of hydrogen-bond acceptors (Lipinski definition) is 3. The van der Waals surface area contributed by atoms with Gasteiger partial charge in [-0.05, 0) is 49.3 Å². The van der Waals surface area contributed by atoms with Crippen LogP contribution >= 0.6 is 11.8 Å². The van der Waals surface area contributed by atoms with Gasteiger partial charge in [0, 0.05) is 25.4 Å². The zero-order valence-electron chi connectivity index (χ0n) is 13.0. The van der Waals surface area contributed by atoms with Crippen LogP contribution in [0.2, 0.25) is 0 Å². The van der Waals surface area contributed by atoms with Crippen LogP contribution in [0.3, 0.4) is 0 Å². The van der Waals surface area contributed by atoms with Gasteiger partial charge in [-0.2, -0.15) is 11.8 Å². The maximum Gasteiger partial charge on any atom is 0.191 e. The fourth-order valence-corrected chi connectivity index (χ4v) is 3.44. The number of rotatable bonds is 7. The third-order valence-corrected chi connectivity index (χ3v) is 4.84. The van der Waals surface area contributed by atoms with Crippen molar-refractivity contribution in [1.29, 1.82) is 0 Å². The van der Waals surface area contributed by atoms with Gasteiger partial charge < -0.3 is 15.4 Å². The number of nitrogens with one attached hydrogen (secondary N) is 2. The molecule has 1 aliphatic heterocycles. The summed E-state index contributed by atoms with van der Waals surface area (Å²) in [5.41, 5.74) is 0. The van der Waals surface area contributed by atoms with Crippen molar-refractivity contribution in [3.63, 3.8) is 0 Å². The standard InChI is InChI=1S/C16H24FN3OS/c1-18-16(20-12-15-4-2-11-22-15)19-9-3-10-21-14-7-5-13(17)6-8-14/h5-8,15H,2-4,9-12H2,1H3,(H2,18,19,20). The van der Waals surface area contributed by atoms with Crippen LogP contribution in [0.5, 0.6) is 5.75 Å². The molecule has 2 N–H and O–H groups in total. The van der Waals surface area contributed by atoms with Crippen molar-refractivity contribution in [2.75, 3.05) is 32.5 Å². The van der Waals surface area contributed by atoms with Gasteiger partial charge in [-0.3, -0.25) is 4.99 Å². The van der Waals surface area contributed by atoms with Crippen molar-refractivity contribution in [3.05, 3.63) is 30.1 Å². The number of aliphatic imine (C=N–C) groups is 1. The lowest BCUT2D eigenvalue weighted by Gasteiger charge is -2.14. The first kappa shape index (κ1) is 16.9. The van der Waals surface area contributed by atoms with Crippen LogP contribution in [-0.4, -0.2) is 43.7 Å². The Labute approximate surface area is 135 Å². The Morgan fingerprint density at radius 3 is 2.86 bits per heavy atom. The van der Waals surface area contributed by atoms with E-state index in [0.717, 1.165) is 25.5 Å². The van der Waals surface area contributed by atoms with Gasteiger partial charge in [0.25, 0.3) is 0 Å². The molecule has 2 rings (SSSR count). The molecule has 1 aliphatic rings. The highest BCUT2D eigenvalue weighted by molar-refractivity contribution is 8.00. The summed E-state index contributed by atoms with van der Waals surface area (Å²) in [6.45, 7) is 2.35. The summed E-state index contributed by atoms with van der Waals surface area (Å²) >= 11 is 2.03. The van der Waals surface area contributed by atoms with Crippen LogP contribution in [-0.2, 0) is 0 Å². The monoisotopic (exact) mass is 325 g/mol. The molecule has 0 aromatic heterocycles. The van der Waals surface area contributed by atoms with Gasteiger partial charge in [0.1, 0.15) is 11.6 Å². The summed E-state index contributed by atoms with van der Waals surface area (Å²) in [6, 6.07) is 6.09. The fourth-order valence-electron chi connectivity index (χ4n) is 2.24. The Morgan fingerprint density at radius 2 is 2.18 bits per heavy atom. The zero-order chi connectivity index (χ0) is 15.6. The lowest BCUT2D eigenvalue weighted by atomic mass is 10.2. The van der Waals surface area contributed by atoms with Crippen molar-refractivity contribution in [2.45, 2.75) is 24.5 Å². The van der Waals surface area contributed by atoms with Gasteiger partial charge in [-0.25, -0.2) is 4.39 Å². The first-order valence-corrected chi connectivity index (χ1v) is 8.77. The number of thioether (sulfide) groups is 1. The highest BCUT2D eigenvalue weighted by atomic mass is 32.2. The van der Waals surface area contributed by atoms with Gasteiger partial charge in [0.15, 0.2) is 5.96 Å². The molecule has 1 atom stereocenters. The molecule has 0 bridgehead atoms. The highest BCUT2D eigenvalue weighted by Gasteiger charge is 2.15. The summed E-state index contributed by atoms with van der Waals surface area (Å²) in [5.74, 6) is 2.57. The van der Waals surface area contributed by atoms with Crippen LogP contribution in [0.4, 0.5) is 4.39 Å². The molecular weight excluding hydrogens is 301 g/mol. The second-order valence-corrected chi connectivity index (χ2v) is 6.58. The number of benzene rings is 1. The van der Waals surface area contributed by atoms with Crippen molar-refractivity contribution in [2.24, 2.45) is 4.99 Å². The molecular formula is C16H24FN3OS. The van der Waals surface area contributed by atoms with Gasteiger partial charge in [0.2, 0.25) is 0 Å². The minimum absolute atomic E-state index is 0.246. The molecule has 1 unspecified atom stereocenters. The summed E-state index contributed by atoms with van der Waals surface area (Å²) < 4.78 is 18.3. The third kappa shape index (κ3) is 6.13. The van der Waals surface area contributed by atoms with Gasteiger partial charge in [-0.15, -0.1) is 0 Å². The van der Waals surface area contributed by atoms with Gasteiger partial charge in [-0.1, -0.05) is 0 Å². The van der Waals surface area contributed by atoms with Crippen molar-refractivity contribution in [3.8, 4) is 5.75 Å². The predicted octanol–water partition coefficient (Wildman–Crippen LogP) is 2.66. The van der Waals surface area contributed by atoms with E-state index in [9.17, 15) is 4.39 Å². The maximum atomic E-state index is 12.8. The van der Waals surface area contributed by atoms with E-state index in [-0.39, 0.29) is 5.82 Å². The molecule has 0 amide bonds. The largest absolute Gasteiger partial charge is 0.494 e. The van der Waals surface area contributed by atoms with E-state index in [1.54, 1.807) is 19.2 Å². The van der Waals surface area contributed by atoms with Crippen LogP contribution < -0.4 is 15.4 Å². The summed E-state index contributed by atoms with van der Waals surface area (Å²) in [5, 5.41) is 7.35. The molecule has 1 heterocycles. The van der Waals surface area contributed by atoms with E-state index in [1.165, 1.54) is 30.7 Å². The minimum atomic E-state index is -0.246.